The van der Waals surface area contributed by atoms with Gasteiger partial charge in [-0.1, -0.05) is 29.8 Å². The Hall–Kier alpha value is -1.96. The van der Waals surface area contributed by atoms with Crippen LogP contribution in [0.2, 0.25) is 5.02 Å². The Morgan fingerprint density at radius 3 is 2.68 bits per heavy atom. The largest absolute Gasteiger partial charge is 0.496 e. The van der Waals surface area contributed by atoms with E-state index in [0.29, 0.717) is 28.0 Å². The van der Waals surface area contributed by atoms with Crippen molar-refractivity contribution in [2.75, 3.05) is 19.4 Å². The minimum absolute atomic E-state index is 0.324. The molecular formula is C17H18ClN3O2S2. The summed E-state index contributed by atoms with van der Waals surface area (Å²) < 4.78 is 5.15. The van der Waals surface area contributed by atoms with E-state index in [1.54, 1.807) is 23.9 Å². The Labute approximate surface area is 161 Å². The van der Waals surface area contributed by atoms with Crippen molar-refractivity contribution in [3.05, 3.63) is 59.1 Å². The van der Waals surface area contributed by atoms with Gasteiger partial charge in [0.15, 0.2) is 5.11 Å². The third-order valence-electron chi connectivity index (χ3n) is 3.10. The van der Waals surface area contributed by atoms with Gasteiger partial charge >= 0.3 is 0 Å². The zero-order valence-corrected chi connectivity index (χ0v) is 15.9. The molecule has 0 aromatic heterocycles. The number of thiocarbonyl (C=S) groups is 1. The van der Waals surface area contributed by atoms with Gasteiger partial charge in [-0.25, -0.2) is 0 Å². The van der Waals surface area contributed by atoms with Crippen molar-refractivity contribution in [3.63, 3.8) is 0 Å². The number of thioether (sulfide) groups is 1. The van der Waals surface area contributed by atoms with Gasteiger partial charge in [0.25, 0.3) is 5.91 Å². The Morgan fingerprint density at radius 1 is 1.20 bits per heavy atom. The number of rotatable bonds is 6. The molecule has 0 unspecified atom stereocenters. The van der Waals surface area contributed by atoms with E-state index in [1.165, 1.54) is 18.1 Å². The van der Waals surface area contributed by atoms with Crippen molar-refractivity contribution < 1.29 is 9.53 Å². The first-order valence-electron chi connectivity index (χ1n) is 7.45. The van der Waals surface area contributed by atoms with Gasteiger partial charge in [-0.15, -0.1) is 11.8 Å². The van der Waals surface area contributed by atoms with Crippen molar-refractivity contribution in [3.8, 4) is 5.75 Å². The molecule has 0 saturated heterocycles. The molecule has 0 fully saturated rings. The van der Waals surface area contributed by atoms with E-state index in [2.05, 4.69) is 28.3 Å². The zero-order chi connectivity index (χ0) is 18.1. The molecule has 132 valence electrons. The van der Waals surface area contributed by atoms with Crippen LogP contribution in [0.1, 0.15) is 10.4 Å². The minimum Gasteiger partial charge on any atom is -0.496 e. The van der Waals surface area contributed by atoms with Crippen molar-refractivity contribution >= 4 is 46.6 Å². The molecule has 0 bridgehead atoms. The number of methoxy groups -OCH3 is 1. The maximum absolute atomic E-state index is 12.2. The van der Waals surface area contributed by atoms with Gasteiger partial charge in [0.2, 0.25) is 0 Å². The second-order valence-corrected chi connectivity index (χ2v) is 6.85. The van der Waals surface area contributed by atoms with E-state index in [-0.39, 0.29) is 5.91 Å². The molecule has 0 atom stereocenters. The van der Waals surface area contributed by atoms with Crippen molar-refractivity contribution in [1.82, 2.24) is 16.2 Å². The van der Waals surface area contributed by atoms with Crippen LogP contribution in [0, 0.1) is 0 Å². The van der Waals surface area contributed by atoms with Gasteiger partial charge in [0, 0.05) is 22.2 Å². The third-order valence-corrected chi connectivity index (χ3v) is 4.59. The van der Waals surface area contributed by atoms with E-state index >= 15 is 0 Å². The smallest absolute Gasteiger partial charge is 0.273 e. The summed E-state index contributed by atoms with van der Waals surface area (Å²) in [7, 11) is 1.49. The summed E-state index contributed by atoms with van der Waals surface area (Å²) in [6.45, 7) is 0.668. The molecule has 0 spiro atoms. The molecule has 0 aliphatic carbocycles. The number of hydrazine groups is 1. The van der Waals surface area contributed by atoms with Gasteiger partial charge in [0.1, 0.15) is 5.75 Å². The lowest BCUT2D eigenvalue weighted by Crippen LogP contribution is -2.47. The van der Waals surface area contributed by atoms with Crippen LogP contribution in [0.3, 0.4) is 0 Å². The predicted molar refractivity (Wildman–Crippen MR) is 106 cm³/mol. The number of hydrogen-bond donors (Lipinski definition) is 3. The average Bonchev–Trinajstić information content (AvgIpc) is 2.64. The molecule has 2 aromatic carbocycles. The van der Waals surface area contributed by atoms with Gasteiger partial charge < -0.3 is 10.1 Å². The number of hydrogen-bond acceptors (Lipinski definition) is 4. The van der Waals surface area contributed by atoms with Crippen LogP contribution in [0.5, 0.6) is 5.75 Å². The summed E-state index contributed by atoms with van der Waals surface area (Å²) in [5, 5.41) is 3.81. The summed E-state index contributed by atoms with van der Waals surface area (Å²) in [6, 6.07) is 14.9. The molecule has 2 aromatic rings. The maximum atomic E-state index is 12.2. The molecule has 5 nitrogen and oxygen atoms in total. The minimum atomic E-state index is -0.387. The molecule has 8 heteroatoms. The van der Waals surface area contributed by atoms with E-state index in [4.69, 9.17) is 28.6 Å². The van der Waals surface area contributed by atoms with Gasteiger partial charge in [-0.05, 0) is 42.5 Å². The summed E-state index contributed by atoms with van der Waals surface area (Å²) >= 11 is 12.8. The molecule has 1 amide bonds. The van der Waals surface area contributed by atoms with Gasteiger partial charge in [-0.2, -0.15) is 0 Å². The Bertz CT molecular complexity index is 729. The lowest BCUT2D eigenvalue weighted by Gasteiger charge is -2.13. The highest BCUT2D eigenvalue weighted by Crippen LogP contribution is 2.22. The van der Waals surface area contributed by atoms with Crippen LogP contribution in [-0.4, -0.2) is 30.4 Å². The second-order valence-electron chi connectivity index (χ2n) is 4.84. The number of amides is 1. The van der Waals surface area contributed by atoms with E-state index < -0.39 is 0 Å². The normalized spacial score (nSPS) is 10.0. The molecule has 0 heterocycles. The molecule has 0 aliphatic heterocycles. The van der Waals surface area contributed by atoms with Crippen LogP contribution in [0.25, 0.3) is 0 Å². The number of carbonyl (C=O) groups is 1. The number of halogens is 1. The highest BCUT2D eigenvalue weighted by atomic mass is 35.5. The Balaban J connectivity index is 1.72. The van der Waals surface area contributed by atoms with Crippen LogP contribution in [-0.2, 0) is 0 Å². The highest BCUT2D eigenvalue weighted by molar-refractivity contribution is 7.99. The highest BCUT2D eigenvalue weighted by Gasteiger charge is 2.12. The maximum Gasteiger partial charge on any atom is 0.273 e. The summed E-state index contributed by atoms with van der Waals surface area (Å²) in [5.41, 5.74) is 5.51. The van der Waals surface area contributed by atoms with Gasteiger partial charge in [-0.3, -0.25) is 15.6 Å². The fourth-order valence-corrected chi connectivity index (χ4v) is 3.05. The first-order chi connectivity index (χ1) is 12.1. The summed E-state index contributed by atoms with van der Waals surface area (Å²) in [6.07, 6.45) is 0. The number of ether oxygens (including phenoxy) is 1. The van der Waals surface area contributed by atoms with E-state index in [1.807, 2.05) is 18.2 Å². The van der Waals surface area contributed by atoms with Crippen molar-refractivity contribution in [2.24, 2.45) is 0 Å². The molecule has 0 aliphatic rings. The number of carbonyl (C=O) groups excluding carboxylic acids is 1. The molecule has 25 heavy (non-hydrogen) atoms. The quantitative estimate of drug-likeness (QED) is 0.302. The topological polar surface area (TPSA) is 62.4 Å². The fraction of sp³-hybridized carbons (Fsp3) is 0.176. The SMILES string of the molecule is COc1ccc(Cl)cc1C(=O)NNC(=S)NCCSc1ccccc1. The molecular weight excluding hydrogens is 378 g/mol. The van der Waals surface area contributed by atoms with Crippen molar-refractivity contribution in [1.29, 1.82) is 0 Å². The van der Waals surface area contributed by atoms with Crippen LogP contribution in [0.4, 0.5) is 0 Å². The Kier molecular flexibility index (Phi) is 7.84. The third kappa shape index (κ3) is 6.45. The van der Waals surface area contributed by atoms with Crippen LogP contribution >= 0.6 is 35.6 Å². The first-order valence-corrected chi connectivity index (χ1v) is 9.23. The molecule has 0 saturated carbocycles. The fourth-order valence-electron chi connectivity index (χ4n) is 1.93. The molecule has 0 radical (unpaired) electrons. The van der Waals surface area contributed by atoms with E-state index in [9.17, 15) is 4.79 Å². The first kappa shape index (κ1) is 19.4. The standard InChI is InChI=1S/C17H18ClN3O2S2/c1-23-15-8-7-12(18)11-14(15)16(22)20-21-17(24)19-9-10-25-13-5-3-2-4-6-13/h2-8,11H,9-10H2,1H3,(H,20,22)(H2,19,21,24). The number of benzene rings is 2. The molecule has 3 N–H and O–H groups in total. The second kappa shape index (κ2) is 10.1. The lowest BCUT2D eigenvalue weighted by atomic mass is 10.2. The van der Waals surface area contributed by atoms with Crippen LogP contribution in [0.15, 0.2) is 53.4 Å². The zero-order valence-electron chi connectivity index (χ0n) is 13.5. The lowest BCUT2D eigenvalue weighted by molar-refractivity contribution is 0.0940. The van der Waals surface area contributed by atoms with Crippen LogP contribution < -0.4 is 20.9 Å². The monoisotopic (exact) mass is 395 g/mol. The van der Waals surface area contributed by atoms with Crippen molar-refractivity contribution in [2.45, 2.75) is 4.90 Å². The predicted octanol–water partition coefficient (Wildman–Crippen LogP) is 3.25. The summed E-state index contributed by atoms with van der Waals surface area (Å²) in [4.78, 5) is 13.4. The van der Waals surface area contributed by atoms with E-state index in [0.717, 1.165) is 5.75 Å². The molecule has 2 rings (SSSR count). The average molecular weight is 396 g/mol. The Morgan fingerprint density at radius 2 is 1.96 bits per heavy atom. The van der Waals surface area contributed by atoms with Gasteiger partial charge in [0.05, 0.1) is 12.7 Å². The summed E-state index contributed by atoms with van der Waals surface area (Å²) in [5.74, 6) is 0.894. The number of nitrogens with one attached hydrogen (secondary N) is 3.